The van der Waals surface area contributed by atoms with Crippen LogP contribution in [-0.2, 0) is 4.79 Å². The highest BCUT2D eigenvalue weighted by Crippen LogP contribution is 2.48. The topological polar surface area (TPSA) is 37.3 Å². The van der Waals surface area contributed by atoms with E-state index in [1.165, 1.54) is 64.7 Å². The molecular weight excluding hydrogens is 320 g/mol. The quantitative estimate of drug-likeness (QED) is 0.215. The molecule has 0 aromatic heterocycles. The number of carbonyl (C=O) groups is 1. The van der Waals surface area contributed by atoms with Gasteiger partial charge >= 0.3 is 5.97 Å². The van der Waals surface area contributed by atoms with Gasteiger partial charge in [0.15, 0.2) is 0 Å². The second kappa shape index (κ2) is 15.1. The Bertz CT molecular complexity index is 389. The van der Waals surface area contributed by atoms with Gasteiger partial charge in [-0.3, -0.25) is 0 Å². The summed E-state index contributed by atoms with van der Waals surface area (Å²) in [5.41, 5.74) is 0.954. The maximum atomic E-state index is 9.60. The van der Waals surface area contributed by atoms with Crippen LogP contribution in [0.3, 0.4) is 0 Å². The predicted octanol–water partition coefficient (Wildman–Crippen LogP) is 8.18. The van der Waals surface area contributed by atoms with Gasteiger partial charge in [-0.15, -0.1) is 0 Å². The molecule has 0 amide bonds. The molecule has 0 aromatic rings. The molecular formula is C24H46O2. The minimum atomic E-state index is -0.935. The highest BCUT2D eigenvalue weighted by molar-refractivity contribution is 5.84. The normalized spacial score (nSPS) is 13.8. The molecule has 0 spiro atoms. The molecule has 0 aliphatic carbocycles. The van der Waals surface area contributed by atoms with Crippen LogP contribution in [0.1, 0.15) is 113 Å². The third kappa shape index (κ3) is 12.3. The lowest BCUT2D eigenvalue weighted by Crippen LogP contribution is -2.34. The van der Waals surface area contributed by atoms with E-state index < -0.39 is 5.97 Å². The summed E-state index contributed by atoms with van der Waals surface area (Å²) in [7, 11) is 0. The van der Waals surface area contributed by atoms with Gasteiger partial charge < -0.3 is 5.11 Å². The Morgan fingerprint density at radius 1 is 0.923 bits per heavy atom. The molecule has 154 valence electrons. The van der Waals surface area contributed by atoms with E-state index in [4.69, 9.17) is 5.11 Å². The van der Waals surface area contributed by atoms with Gasteiger partial charge in [-0.05, 0) is 37.0 Å². The van der Waals surface area contributed by atoms with Crippen molar-refractivity contribution >= 4 is 5.97 Å². The molecule has 1 atom stereocenters. The highest BCUT2D eigenvalue weighted by atomic mass is 16.4. The molecule has 0 rings (SSSR count). The molecule has 26 heavy (non-hydrogen) atoms. The molecule has 0 fully saturated rings. The predicted molar refractivity (Wildman–Crippen MR) is 117 cm³/mol. The number of aliphatic carboxylic acids is 1. The monoisotopic (exact) mass is 366 g/mol. The molecule has 0 aliphatic rings. The smallest absolute Gasteiger partial charge is 0.330 e. The van der Waals surface area contributed by atoms with Gasteiger partial charge in [0.2, 0.25) is 0 Å². The maximum Gasteiger partial charge on any atom is 0.330 e. The van der Waals surface area contributed by atoms with Crippen molar-refractivity contribution in [3.8, 4) is 0 Å². The Balaban J connectivity index is 0. The van der Waals surface area contributed by atoms with Crippen LogP contribution in [0.5, 0.6) is 0 Å². The lowest BCUT2D eigenvalue weighted by Gasteiger charge is -2.43. The molecule has 0 bridgehead atoms. The van der Waals surface area contributed by atoms with Crippen LogP contribution in [-0.4, -0.2) is 11.1 Å². The third-order valence-electron chi connectivity index (χ3n) is 5.20. The van der Waals surface area contributed by atoms with Crippen LogP contribution in [0, 0.1) is 10.8 Å². The van der Waals surface area contributed by atoms with Gasteiger partial charge in [-0.2, -0.15) is 0 Å². The van der Waals surface area contributed by atoms with Gasteiger partial charge in [0, 0.05) is 5.57 Å². The zero-order valence-corrected chi connectivity index (χ0v) is 18.8. The number of carboxylic acid groups (broad SMARTS) is 1. The Morgan fingerprint density at radius 3 is 1.81 bits per heavy atom. The molecule has 0 heterocycles. The summed E-state index contributed by atoms with van der Waals surface area (Å²) in [6.45, 7) is 18.8. The number of allylic oxidation sites excluding steroid dienone is 2. The molecule has 2 heteroatoms. The Kier molecular flexibility index (Phi) is 15.7. The van der Waals surface area contributed by atoms with Gasteiger partial charge in [-0.25, -0.2) is 4.79 Å². The summed E-state index contributed by atoms with van der Waals surface area (Å²) < 4.78 is 0. The Morgan fingerprint density at radius 2 is 1.42 bits per heavy atom. The minimum absolute atomic E-state index is 0.176. The Hall–Kier alpha value is -1.05. The summed E-state index contributed by atoms with van der Waals surface area (Å²) in [5, 5.41) is 7.89. The SMILES string of the molecule is C=C(C)C(=O)O.CCC=CC(CCC)(CCCCCCCC)C(C)(C)C. The average Bonchev–Trinajstić information content (AvgIpc) is 2.55. The molecule has 0 radical (unpaired) electrons. The number of hydrogen-bond donors (Lipinski definition) is 1. The molecule has 2 nitrogen and oxygen atoms in total. The molecule has 1 unspecified atom stereocenters. The zero-order chi connectivity index (χ0) is 20.6. The van der Waals surface area contributed by atoms with Gasteiger partial charge in [0.1, 0.15) is 0 Å². The number of rotatable bonds is 12. The first-order chi connectivity index (χ1) is 12.1. The van der Waals surface area contributed by atoms with Crippen molar-refractivity contribution in [2.75, 3.05) is 0 Å². The highest BCUT2D eigenvalue weighted by Gasteiger charge is 2.37. The van der Waals surface area contributed by atoms with Crippen molar-refractivity contribution in [2.24, 2.45) is 10.8 Å². The molecule has 0 saturated carbocycles. The molecule has 1 N–H and O–H groups in total. The van der Waals surface area contributed by atoms with E-state index in [2.05, 4.69) is 60.3 Å². The van der Waals surface area contributed by atoms with E-state index in [1.807, 2.05) is 0 Å². The van der Waals surface area contributed by atoms with Gasteiger partial charge in [0.25, 0.3) is 0 Å². The fourth-order valence-electron chi connectivity index (χ4n) is 3.30. The summed E-state index contributed by atoms with van der Waals surface area (Å²) in [6.07, 6.45) is 18.6. The first-order valence-electron chi connectivity index (χ1n) is 10.6. The first kappa shape index (κ1) is 27.2. The number of hydrogen-bond acceptors (Lipinski definition) is 1. The average molecular weight is 367 g/mol. The van der Waals surface area contributed by atoms with Crippen molar-refractivity contribution < 1.29 is 9.90 Å². The molecule has 0 aliphatic heterocycles. The van der Waals surface area contributed by atoms with E-state index in [-0.39, 0.29) is 5.57 Å². The standard InChI is InChI=1S/C20H40.C4H6O2/c1-7-10-12-13-14-15-18-20(16-9-3,17-11-8-2)19(4,5)6;1-3(2)4(5)6/h11,17H,7-10,12-16,18H2,1-6H3;1H2,2H3,(H,5,6). The van der Waals surface area contributed by atoms with Crippen LogP contribution in [0.2, 0.25) is 0 Å². The van der Waals surface area contributed by atoms with E-state index in [1.54, 1.807) is 0 Å². The molecule has 0 saturated heterocycles. The zero-order valence-electron chi connectivity index (χ0n) is 18.8. The van der Waals surface area contributed by atoms with Crippen molar-refractivity contribution in [3.63, 3.8) is 0 Å². The number of unbranched alkanes of at least 4 members (excludes halogenated alkanes) is 5. The van der Waals surface area contributed by atoms with Crippen molar-refractivity contribution in [3.05, 3.63) is 24.3 Å². The van der Waals surface area contributed by atoms with Gasteiger partial charge in [0.05, 0.1) is 0 Å². The summed E-state index contributed by atoms with van der Waals surface area (Å²) in [4.78, 5) is 9.60. The van der Waals surface area contributed by atoms with Crippen LogP contribution in [0.25, 0.3) is 0 Å². The van der Waals surface area contributed by atoms with E-state index in [0.717, 1.165) is 6.42 Å². The van der Waals surface area contributed by atoms with Crippen LogP contribution >= 0.6 is 0 Å². The summed E-state index contributed by atoms with van der Waals surface area (Å²) >= 11 is 0. The Labute approximate surface area is 164 Å². The fraction of sp³-hybridized carbons (Fsp3) is 0.792. The van der Waals surface area contributed by atoms with Crippen LogP contribution in [0.4, 0.5) is 0 Å². The van der Waals surface area contributed by atoms with Crippen LogP contribution in [0.15, 0.2) is 24.3 Å². The lowest BCUT2D eigenvalue weighted by molar-refractivity contribution is -0.132. The maximum absolute atomic E-state index is 9.60. The summed E-state index contributed by atoms with van der Waals surface area (Å²) in [6, 6.07) is 0. The second-order valence-electron chi connectivity index (χ2n) is 8.57. The first-order valence-corrected chi connectivity index (χ1v) is 10.6. The van der Waals surface area contributed by atoms with Gasteiger partial charge in [-0.1, -0.05) is 105 Å². The van der Waals surface area contributed by atoms with Crippen molar-refractivity contribution in [1.29, 1.82) is 0 Å². The second-order valence-corrected chi connectivity index (χ2v) is 8.57. The third-order valence-corrected chi connectivity index (χ3v) is 5.20. The summed E-state index contributed by atoms with van der Waals surface area (Å²) in [5.74, 6) is -0.935. The molecule has 0 aromatic carbocycles. The van der Waals surface area contributed by atoms with E-state index in [0.29, 0.717) is 10.8 Å². The minimum Gasteiger partial charge on any atom is -0.478 e. The van der Waals surface area contributed by atoms with Crippen molar-refractivity contribution in [1.82, 2.24) is 0 Å². The van der Waals surface area contributed by atoms with Crippen LogP contribution < -0.4 is 0 Å². The largest absolute Gasteiger partial charge is 0.478 e. The number of carboxylic acids is 1. The lowest BCUT2D eigenvalue weighted by atomic mass is 9.61. The fourth-order valence-corrected chi connectivity index (χ4v) is 3.30. The van der Waals surface area contributed by atoms with Crippen molar-refractivity contribution in [2.45, 2.75) is 113 Å². The van der Waals surface area contributed by atoms with E-state index >= 15 is 0 Å². The van der Waals surface area contributed by atoms with E-state index in [9.17, 15) is 4.79 Å².